The van der Waals surface area contributed by atoms with Gasteiger partial charge in [0, 0.05) is 13.1 Å². The van der Waals surface area contributed by atoms with Gasteiger partial charge in [-0.3, -0.25) is 4.79 Å². The van der Waals surface area contributed by atoms with Gasteiger partial charge in [0.2, 0.25) is 0 Å². The van der Waals surface area contributed by atoms with Crippen molar-refractivity contribution >= 4 is 12.0 Å². The fourth-order valence-corrected chi connectivity index (χ4v) is 5.60. The Balaban J connectivity index is 1.68. The van der Waals surface area contributed by atoms with E-state index < -0.39 is 16.9 Å². The van der Waals surface area contributed by atoms with Crippen molar-refractivity contribution in [2.24, 2.45) is 11.3 Å². The van der Waals surface area contributed by atoms with Crippen LogP contribution in [-0.4, -0.2) is 52.3 Å². The number of rotatable bonds is 9. The summed E-state index contributed by atoms with van der Waals surface area (Å²) in [5, 5.41) is 22.7. The highest BCUT2D eigenvalue weighted by atomic mass is 16.4. The normalized spacial score (nSPS) is 25.9. The Morgan fingerprint density at radius 2 is 1.77 bits per heavy atom. The number of carboxylic acids is 1. The van der Waals surface area contributed by atoms with Crippen molar-refractivity contribution in [3.63, 3.8) is 0 Å². The maximum absolute atomic E-state index is 13.2. The number of allylic oxidation sites excluding steroid dienone is 2. The summed E-state index contributed by atoms with van der Waals surface area (Å²) in [7, 11) is 0. The summed E-state index contributed by atoms with van der Waals surface area (Å²) in [5.74, 6) is -0.0888. The molecule has 30 heavy (non-hydrogen) atoms. The largest absolute Gasteiger partial charge is 0.481 e. The number of hydrogen-bond donors (Lipinski definition) is 3. The van der Waals surface area contributed by atoms with Crippen LogP contribution in [0.4, 0.5) is 4.79 Å². The third-order valence-electron chi connectivity index (χ3n) is 7.36. The lowest BCUT2D eigenvalue weighted by molar-refractivity contribution is -0.150. The molecule has 3 rings (SSSR count). The maximum atomic E-state index is 13.2. The molecule has 1 atom stereocenters. The number of hydrogen-bond acceptors (Lipinski definition) is 3. The minimum atomic E-state index is -0.771. The fourth-order valence-electron chi connectivity index (χ4n) is 5.60. The molecule has 6 heteroatoms. The van der Waals surface area contributed by atoms with Crippen LogP contribution < -0.4 is 5.32 Å². The van der Waals surface area contributed by atoms with Gasteiger partial charge in [0.1, 0.15) is 0 Å². The van der Waals surface area contributed by atoms with Crippen LogP contribution in [0.1, 0.15) is 77.0 Å². The first kappa shape index (κ1) is 22.9. The average Bonchev–Trinajstić information content (AvgIpc) is 3.22. The molecule has 3 N–H and O–H groups in total. The van der Waals surface area contributed by atoms with Gasteiger partial charge in [-0.15, -0.1) is 0 Å². The van der Waals surface area contributed by atoms with Gasteiger partial charge in [0.05, 0.1) is 17.6 Å². The summed E-state index contributed by atoms with van der Waals surface area (Å²) in [6.07, 6.45) is 19.3. The molecule has 0 radical (unpaired) electrons. The Kier molecular flexibility index (Phi) is 7.98. The Morgan fingerprint density at radius 1 is 1.03 bits per heavy atom. The molecular formula is C24H38N2O4. The summed E-state index contributed by atoms with van der Waals surface area (Å²) in [6.45, 7) is 0.870. The van der Waals surface area contributed by atoms with E-state index in [1.54, 1.807) is 4.90 Å². The number of carboxylic acid groups (broad SMARTS) is 1. The Morgan fingerprint density at radius 3 is 2.37 bits per heavy atom. The van der Waals surface area contributed by atoms with Crippen molar-refractivity contribution in [2.45, 2.75) is 82.6 Å². The Hall–Kier alpha value is -1.82. The number of nitrogens with one attached hydrogen (secondary N) is 1. The van der Waals surface area contributed by atoms with Gasteiger partial charge in [0.15, 0.2) is 0 Å². The molecule has 168 valence electrons. The zero-order chi connectivity index (χ0) is 21.5. The van der Waals surface area contributed by atoms with Gasteiger partial charge in [-0.1, -0.05) is 69.2 Å². The van der Waals surface area contributed by atoms with Crippen molar-refractivity contribution < 1.29 is 19.8 Å². The lowest BCUT2D eigenvalue weighted by atomic mass is 9.72. The van der Waals surface area contributed by atoms with Crippen molar-refractivity contribution in [3.05, 3.63) is 24.3 Å². The van der Waals surface area contributed by atoms with Crippen LogP contribution in [0.2, 0.25) is 0 Å². The van der Waals surface area contributed by atoms with Crippen LogP contribution in [0, 0.1) is 11.3 Å². The van der Waals surface area contributed by atoms with E-state index in [0.29, 0.717) is 44.7 Å². The monoisotopic (exact) mass is 418 g/mol. The number of carbonyl (C=O) groups excluding carboxylic acids is 1. The van der Waals surface area contributed by atoms with Crippen molar-refractivity contribution in [2.75, 3.05) is 19.7 Å². The lowest BCUT2D eigenvalue weighted by Gasteiger charge is -2.40. The quantitative estimate of drug-likeness (QED) is 0.522. The van der Waals surface area contributed by atoms with Gasteiger partial charge < -0.3 is 20.4 Å². The maximum Gasteiger partial charge on any atom is 0.318 e. The third-order valence-corrected chi connectivity index (χ3v) is 7.36. The molecule has 0 spiro atoms. The van der Waals surface area contributed by atoms with Gasteiger partial charge in [-0.25, -0.2) is 4.79 Å². The van der Waals surface area contributed by atoms with Crippen molar-refractivity contribution in [1.29, 1.82) is 0 Å². The molecule has 2 fully saturated rings. The van der Waals surface area contributed by atoms with E-state index in [2.05, 4.69) is 5.32 Å². The summed E-state index contributed by atoms with van der Waals surface area (Å²) < 4.78 is 0. The molecule has 6 nitrogen and oxygen atoms in total. The highest BCUT2D eigenvalue weighted by molar-refractivity contribution is 5.77. The van der Waals surface area contributed by atoms with E-state index in [9.17, 15) is 19.8 Å². The predicted octanol–water partition coefficient (Wildman–Crippen LogP) is 4.25. The Bertz CT molecular complexity index is 648. The molecular weight excluding hydrogens is 380 g/mol. The highest BCUT2D eigenvalue weighted by Gasteiger charge is 2.48. The molecule has 0 aliphatic heterocycles. The van der Waals surface area contributed by atoms with E-state index in [1.807, 2.05) is 24.3 Å². The van der Waals surface area contributed by atoms with Gasteiger partial charge in [-0.2, -0.15) is 0 Å². The smallest absolute Gasteiger partial charge is 0.318 e. The summed E-state index contributed by atoms with van der Waals surface area (Å²) in [6, 6.07) is -0.196. The van der Waals surface area contributed by atoms with Crippen molar-refractivity contribution in [3.8, 4) is 0 Å². The molecule has 0 saturated heterocycles. The summed E-state index contributed by atoms with van der Waals surface area (Å²) in [4.78, 5) is 27.1. The van der Waals surface area contributed by atoms with Crippen molar-refractivity contribution in [1.82, 2.24) is 10.2 Å². The Labute approximate surface area is 180 Å². The first-order valence-corrected chi connectivity index (χ1v) is 11.7. The second kappa shape index (κ2) is 10.5. The van der Waals surface area contributed by atoms with E-state index in [1.165, 1.54) is 32.1 Å². The number of aliphatic hydroxyl groups is 1. The van der Waals surface area contributed by atoms with E-state index in [-0.39, 0.29) is 12.6 Å². The molecule has 0 bridgehead atoms. The van der Waals surface area contributed by atoms with Crippen LogP contribution in [0.15, 0.2) is 24.3 Å². The van der Waals surface area contributed by atoms with E-state index >= 15 is 0 Å². The first-order valence-electron chi connectivity index (χ1n) is 11.7. The SMILES string of the molecule is O=C(NC1(CC2(C(=O)O)CCCC2)C=CC=CC1)N(CCO)CCC1CCCCC1. The van der Waals surface area contributed by atoms with E-state index in [4.69, 9.17) is 0 Å². The van der Waals surface area contributed by atoms with Gasteiger partial charge >= 0.3 is 12.0 Å². The number of aliphatic hydroxyl groups excluding tert-OH is 1. The van der Waals surface area contributed by atoms with Gasteiger partial charge in [-0.05, 0) is 38.0 Å². The minimum absolute atomic E-state index is 0.0696. The number of amides is 2. The van der Waals surface area contributed by atoms with Crippen LogP contribution in [-0.2, 0) is 4.79 Å². The number of nitrogens with zero attached hydrogens (tertiary/aromatic N) is 1. The van der Waals surface area contributed by atoms with Crippen LogP contribution in [0.5, 0.6) is 0 Å². The molecule has 3 aliphatic rings. The molecule has 3 aliphatic carbocycles. The first-order chi connectivity index (χ1) is 14.5. The summed E-state index contributed by atoms with van der Waals surface area (Å²) >= 11 is 0. The second-order valence-electron chi connectivity index (χ2n) is 9.55. The standard InChI is InChI=1S/C24H38N2O4/c27-18-17-26(16-11-20-9-3-1-4-10-20)22(30)25-24(14-5-2-6-15-24)19-23(21(28)29)12-7-8-13-23/h2,5-6,14,20,27H,1,3-4,7-13,15-19H2,(H,25,30)(H,28,29). The van der Waals surface area contributed by atoms with Crippen LogP contribution in [0.25, 0.3) is 0 Å². The number of aliphatic carboxylic acids is 1. The molecule has 0 aromatic carbocycles. The lowest BCUT2D eigenvalue weighted by Crippen LogP contribution is -2.56. The minimum Gasteiger partial charge on any atom is -0.481 e. The number of urea groups is 1. The zero-order valence-electron chi connectivity index (χ0n) is 18.2. The third kappa shape index (κ3) is 5.65. The highest BCUT2D eigenvalue weighted by Crippen LogP contribution is 2.46. The molecule has 0 heterocycles. The van der Waals surface area contributed by atoms with Crippen LogP contribution >= 0.6 is 0 Å². The predicted molar refractivity (Wildman–Crippen MR) is 117 cm³/mol. The molecule has 1 unspecified atom stereocenters. The average molecular weight is 419 g/mol. The molecule has 2 saturated carbocycles. The number of carbonyl (C=O) groups is 2. The molecule has 0 aromatic heterocycles. The second-order valence-corrected chi connectivity index (χ2v) is 9.55. The summed E-state index contributed by atoms with van der Waals surface area (Å²) in [5.41, 5.74) is -1.46. The topological polar surface area (TPSA) is 89.9 Å². The zero-order valence-corrected chi connectivity index (χ0v) is 18.2. The van der Waals surface area contributed by atoms with Gasteiger partial charge in [0.25, 0.3) is 0 Å². The van der Waals surface area contributed by atoms with Crippen LogP contribution in [0.3, 0.4) is 0 Å². The van der Waals surface area contributed by atoms with E-state index in [0.717, 1.165) is 19.3 Å². The molecule has 2 amide bonds. The molecule has 0 aromatic rings. The fraction of sp³-hybridized carbons (Fsp3) is 0.750.